The lowest BCUT2D eigenvalue weighted by Crippen LogP contribution is -1.97. The maximum Gasteiger partial charge on any atom is 0.145 e. The van der Waals surface area contributed by atoms with Crippen molar-refractivity contribution in [3.63, 3.8) is 0 Å². The zero-order valence-electron chi connectivity index (χ0n) is 27.3. The summed E-state index contributed by atoms with van der Waals surface area (Å²) in [6.07, 6.45) is 0. The molecule has 51 heavy (non-hydrogen) atoms. The molecule has 0 aliphatic heterocycles. The molecule has 6 heteroatoms. The van der Waals surface area contributed by atoms with Crippen molar-refractivity contribution >= 4 is 54.1 Å². The third kappa shape index (κ3) is 5.42. The molecule has 0 radical (unpaired) electrons. The molecule has 0 fully saturated rings. The molecule has 0 aliphatic rings. The first-order valence-corrected chi connectivity index (χ1v) is 18.5. The van der Waals surface area contributed by atoms with Gasteiger partial charge in [0.05, 0.1) is 31.5 Å². The topological polar surface area (TPSA) is 43.6 Å². The normalized spacial score (nSPS) is 11.5. The van der Waals surface area contributed by atoms with E-state index in [0.29, 0.717) is 0 Å². The summed E-state index contributed by atoms with van der Waals surface area (Å²) in [5, 5.41) is 2.09. The number of fused-ring (bicyclic) bond motifs is 3. The molecular formula is C45H28N4S2. The summed E-state index contributed by atoms with van der Waals surface area (Å²) in [5.74, 6) is 0.918. The van der Waals surface area contributed by atoms with Gasteiger partial charge in [-0.15, -0.1) is 22.7 Å². The fourth-order valence-corrected chi connectivity index (χ4v) is 8.64. The van der Waals surface area contributed by atoms with E-state index >= 15 is 0 Å². The van der Waals surface area contributed by atoms with Crippen LogP contribution in [0.5, 0.6) is 0 Å². The van der Waals surface area contributed by atoms with Gasteiger partial charge in [-0.1, -0.05) is 121 Å². The number of nitrogens with zero attached hydrogens (tertiary/aromatic N) is 4. The first-order chi connectivity index (χ1) is 25.2. The van der Waals surface area contributed by atoms with Gasteiger partial charge in [-0.05, 0) is 70.8 Å². The fourth-order valence-electron chi connectivity index (χ4n) is 6.70. The van der Waals surface area contributed by atoms with Crippen LogP contribution in [0.4, 0.5) is 0 Å². The minimum atomic E-state index is 0.918. The fraction of sp³-hybridized carbons (Fsp3) is 0. The molecule has 0 unspecified atom stereocenters. The summed E-state index contributed by atoms with van der Waals surface area (Å²) in [5.41, 5.74) is 13.2. The summed E-state index contributed by atoms with van der Waals surface area (Å²) in [4.78, 5) is 14.8. The zero-order chi connectivity index (χ0) is 33.7. The van der Waals surface area contributed by atoms with E-state index in [1.54, 1.807) is 22.7 Å². The molecule has 3 heterocycles. The third-order valence-electron chi connectivity index (χ3n) is 9.35. The Balaban J connectivity index is 0.932. The molecule has 0 aliphatic carbocycles. The van der Waals surface area contributed by atoms with E-state index in [-0.39, 0.29) is 0 Å². The van der Waals surface area contributed by atoms with E-state index in [4.69, 9.17) is 15.0 Å². The minimum Gasteiger partial charge on any atom is -0.292 e. The summed E-state index contributed by atoms with van der Waals surface area (Å²) in [7, 11) is 0. The Morgan fingerprint density at radius 2 is 0.725 bits per heavy atom. The van der Waals surface area contributed by atoms with Crippen LogP contribution in [0.15, 0.2) is 170 Å². The molecule has 240 valence electrons. The lowest BCUT2D eigenvalue weighted by atomic mass is 10.0. The first-order valence-electron chi connectivity index (χ1n) is 16.8. The molecule has 7 aromatic carbocycles. The summed E-state index contributed by atoms with van der Waals surface area (Å²) >= 11 is 3.46. The van der Waals surface area contributed by atoms with Gasteiger partial charge in [0.25, 0.3) is 0 Å². The Morgan fingerprint density at radius 3 is 1.22 bits per heavy atom. The molecule has 0 saturated heterocycles. The Morgan fingerprint density at radius 1 is 0.333 bits per heavy atom. The highest BCUT2D eigenvalue weighted by molar-refractivity contribution is 7.22. The molecule has 0 spiro atoms. The monoisotopic (exact) mass is 688 g/mol. The van der Waals surface area contributed by atoms with Gasteiger partial charge in [-0.2, -0.15) is 0 Å². The largest absolute Gasteiger partial charge is 0.292 e. The zero-order valence-corrected chi connectivity index (χ0v) is 28.9. The predicted molar refractivity (Wildman–Crippen MR) is 215 cm³/mol. The number of benzene rings is 7. The molecule has 10 rings (SSSR count). The van der Waals surface area contributed by atoms with E-state index in [2.05, 4.69) is 156 Å². The van der Waals surface area contributed by atoms with Crippen molar-refractivity contribution in [2.75, 3.05) is 0 Å². The SMILES string of the molecule is c1ccc2sc(-c3ccc(-c4ccc(-c5nc6ccccc6n5-c5ccc(-c6ccc(-c7nc8ccccc8s7)cc6)cc5)cc4)cc3)nc2c1. The van der Waals surface area contributed by atoms with Crippen LogP contribution in [0.2, 0.25) is 0 Å². The van der Waals surface area contributed by atoms with Gasteiger partial charge >= 0.3 is 0 Å². The molecule has 3 aromatic heterocycles. The van der Waals surface area contributed by atoms with Crippen LogP contribution in [0.1, 0.15) is 0 Å². The Bertz CT molecular complexity index is 2760. The van der Waals surface area contributed by atoms with E-state index in [0.717, 1.165) is 65.8 Å². The number of hydrogen-bond acceptors (Lipinski definition) is 5. The van der Waals surface area contributed by atoms with Crippen LogP contribution in [-0.2, 0) is 0 Å². The second kappa shape index (κ2) is 12.3. The number of thiazole rings is 2. The number of para-hydroxylation sites is 4. The minimum absolute atomic E-state index is 0.918. The quantitative estimate of drug-likeness (QED) is 0.175. The Kier molecular flexibility index (Phi) is 7.15. The van der Waals surface area contributed by atoms with Crippen molar-refractivity contribution in [1.29, 1.82) is 0 Å². The van der Waals surface area contributed by atoms with Crippen LogP contribution in [0, 0.1) is 0 Å². The lowest BCUT2D eigenvalue weighted by Gasteiger charge is -2.12. The smallest absolute Gasteiger partial charge is 0.145 e. The summed E-state index contributed by atoms with van der Waals surface area (Å²) < 4.78 is 4.68. The molecule has 4 nitrogen and oxygen atoms in total. The highest BCUT2D eigenvalue weighted by atomic mass is 32.1. The second-order valence-corrected chi connectivity index (χ2v) is 14.6. The van der Waals surface area contributed by atoms with Crippen LogP contribution < -0.4 is 0 Å². The van der Waals surface area contributed by atoms with Crippen LogP contribution in [0.3, 0.4) is 0 Å². The average molecular weight is 689 g/mol. The maximum atomic E-state index is 5.11. The molecule has 0 bridgehead atoms. The number of rotatable bonds is 6. The Hall–Kier alpha value is -6.21. The van der Waals surface area contributed by atoms with Crippen LogP contribution in [0.25, 0.3) is 91.9 Å². The first kappa shape index (κ1) is 29.7. The molecule has 10 aromatic rings. The third-order valence-corrected chi connectivity index (χ3v) is 11.5. The van der Waals surface area contributed by atoms with Crippen molar-refractivity contribution < 1.29 is 0 Å². The van der Waals surface area contributed by atoms with Gasteiger partial charge in [-0.3, -0.25) is 4.57 Å². The Labute approximate surface area is 302 Å². The molecule has 0 amide bonds. The van der Waals surface area contributed by atoms with Gasteiger partial charge in [-0.25, -0.2) is 15.0 Å². The standard InChI is InChI=1S/C45H28N4S2/c1-4-10-40-37(7-1)46-43(33-19-13-29(14-20-33)30-15-21-34(22-16-30)44-47-38-8-2-5-11-41(38)50-44)49(40)36-27-25-32(26-28-36)31-17-23-35(24-18-31)45-48-39-9-3-6-12-42(39)51-45/h1-28H. The molecule has 0 N–H and O–H groups in total. The van der Waals surface area contributed by atoms with Gasteiger partial charge < -0.3 is 0 Å². The molecule has 0 saturated carbocycles. The molecule has 0 atom stereocenters. The van der Waals surface area contributed by atoms with Crippen molar-refractivity contribution in [3.8, 4) is 60.5 Å². The van der Waals surface area contributed by atoms with Crippen molar-refractivity contribution in [2.24, 2.45) is 0 Å². The predicted octanol–water partition coefficient (Wildman–Crippen LogP) is 12.6. The van der Waals surface area contributed by atoms with Gasteiger partial charge in [0.2, 0.25) is 0 Å². The lowest BCUT2D eigenvalue weighted by molar-refractivity contribution is 1.10. The summed E-state index contributed by atoms with van der Waals surface area (Å²) in [6.45, 7) is 0. The van der Waals surface area contributed by atoms with Crippen LogP contribution in [-0.4, -0.2) is 19.5 Å². The average Bonchev–Trinajstić information content (AvgIpc) is 3.94. The molecular weight excluding hydrogens is 661 g/mol. The second-order valence-electron chi connectivity index (χ2n) is 12.5. The van der Waals surface area contributed by atoms with E-state index in [1.807, 2.05) is 18.2 Å². The van der Waals surface area contributed by atoms with Gasteiger partial charge in [0.15, 0.2) is 0 Å². The number of hydrogen-bond donors (Lipinski definition) is 0. The van der Waals surface area contributed by atoms with E-state index in [1.165, 1.54) is 26.1 Å². The summed E-state index contributed by atoms with van der Waals surface area (Å²) in [6, 6.07) is 59.9. The van der Waals surface area contributed by atoms with E-state index < -0.39 is 0 Å². The van der Waals surface area contributed by atoms with Crippen molar-refractivity contribution in [1.82, 2.24) is 19.5 Å². The number of imidazole rings is 1. The van der Waals surface area contributed by atoms with Crippen molar-refractivity contribution in [3.05, 3.63) is 170 Å². The van der Waals surface area contributed by atoms with Crippen molar-refractivity contribution in [2.45, 2.75) is 0 Å². The highest BCUT2D eigenvalue weighted by Crippen LogP contribution is 2.35. The van der Waals surface area contributed by atoms with E-state index in [9.17, 15) is 0 Å². The van der Waals surface area contributed by atoms with Gasteiger partial charge in [0, 0.05) is 22.4 Å². The highest BCUT2D eigenvalue weighted by Gasteiger charge is 2.15. The number of aromatic nitrogens is 4. The van der Waals surface area contributed by atoms with Crippen LogP contribution >= 0.6 is 22.7 Å². The van der Waals surface area contributed by atoms with Gasteiger partial charge in [0.1, 0.15) is 15.8 Å². The maximum absolute atomic E-state index is 5.11.